The third-order valence-corrected chi connectivity index (χ3v) is 3.98. The van der Waals surface area contributed by atoms with Crippen LogP contribution < -0.4 is 11.1 Å². The Morgan fingerprint density at radius 2 is 1.54 bits per heavy atom. The van der Waals surface area contributed by atoms with Gasteiger partial charge in [0.15, 0.2) is 5.66 Å². The fourth-order valence-corrected chi connectivity index (χ4v) is 2.81. The van der Waals surface area contributed by atoms with E-state index >= 15 is 0 Å². The Bertz CT molecular complexity index is 850. The lowest BCUT2D eigenvalue weighted by Crippen LogP contribution is -2.53. The van der Waals surface area contributed by atoms with E-state index in [4.69, 9.17) is 10.7 Å². The van der Waals surface area contributed by atoms with Gasteiger partial charge in [0.25, 0.3) is 0 Å². The number of nitrogens with zero attached hydrogens (tertiary/aromatic N) is 4. The predicted octanol–water partition coefficient (Wildman–Crippen LogP) is 1.77. The van der Waals surface area contributed by atoms with Crippen molar-refractivity contribution in [3.8, 4) is 0 Å². The van der Waals surface area contributed by atoms with Crippen LogP contribution in [0, 0.1) is 0 Å². The lowest BCUT2D eigenvalue weighted by atomic mass is 9.95. The average molecular weight is 316 g/mol. The normalized spacial score (nSPS) is 22.7. The summed E-state index contributed by atoms with van der Waals surface area (Å²) in [5.74, 6) is 0.638. The van der Waals surface area contributed by atoms with E-state index in [2.05, 4.69) is 20.3 Å². The first-order valence-corrected chi connectivity index (χ1v) is 7.66. The van der Waals surface area contributed by atoms with Gasteiger partial charge in [0, 0.05) is 18.6 Å². The minimum Gasteiger partial charge on any atom is -0.343 e. The molecule has 2 atom stereocenters. The summed E-state index contributed by atoms with van der Waals surface area (Å²) in [6, 6.07) is 16.6. The zero-order valence-corrected chi connectivity index (χ0v) is 12.9. The molecule has 0 aliphatic carbocycles. The molecule has 3 N–H and O–H groups in total. The lowest BCUT2D eigenvalue weighted by molar-refractivity contribution is 0.347. The third-order valence-electron chi connectivity index (χ3n) is 3.98. The molecule has 1 aliphatic heterocycles. The number of aliphatic imine (C=N–C) groups is 1. The molecule has 118 valence electrons. The Morgan fingerprint density at radius 1 is 0.833 bits per heavy atom. The average Bonchev–Trinajstić information content (AvgIpc) is 3.03. The molecule has 0 bridgehead atoms. The van der Waals surface area contributed by atoms with Crippen LogP contribution in [0.3, 0.4) is 0 Å². The van der Waals surface area contributed by atoms with Gasteiger partial charge in [-0.3, -0.25) is 19.9 Å². The van der Waals surface area contributed by atoms with Crippen molar-refractivity contribution >= 4 is 5.84 Å². The van der Waals surface area contributed by atoms with Crippen LogP contribution in [0.1, 0.15) is 23.1 Å². The number of rotatable bonds is 3. The molecule has 0 radical (unpaired) electrons. The fraction of sp³-hybridized carbons (Fsp3) is 0.111. The van der Waals surface area contributed by atoms with Gasteiger partial charge in [0.2, 0.25) is 0 Å². The van der Waals surface area contributed by atoms with Crippen LogP contribution in [0.5, 0.6) is 0 Å². The number of amidine groups is 1. The smallest absolute Gasteiger partial charge is 0.159 e. The third kappa shape index (κ3) is 2.43. The number of nitrogens with two attached hydrogens (primary N) is 1. The number of hydrogen-bond acceptors (Lipinski definition) is 6. The zero-order chi connectivity index (χ0) is 16.4. The van der Waals surface area contributed by atoms with Crippen molar-refractivity contribution in [3.63, 3.8) is 0 Å². The van der Waals surface area contributed by atoms with Gasteiger partial charge in [-0.15, -0.1) is 0 Å². The molecule has 24 heavy (non-hydrogen) atoms. The monoisotopic (exact) mass is 316 g/mol. The quantitative estimate of drug-likeness (QED) is 0.769. The second kappa shape index (κ2) is 5.82. The van der Waals surface area contributed by atoms with Crippen LogP contribution in [-0.2, 0) is 5.66 Å². The maximum atomic E-state index is 6.73. The summed E-state index contributed by atoms with van der Waals surface area (Å²) >= 11 is 0. The van der Waals surface area contributed by atoms with E-state index in [1.807, 2.05) is 54.6 Å². The standard InChI is InChI=1S/C18H16N6/c19-18(15-9-3-6-12-22-15)16(13-7-1-4-10-20-13)23-17(24-18)14-8-2-5-11-21-14/h1-12,16H,19H2,(H,23,24). The maximum absolute atomic E-state index is 6.73. The molecule has 4 rings (SSSR count). The van der Waals surface area contributed by atoms with E-state index in [9.17, 15) is 0 Å². The molecule has 6 nitrogen and oxygen atoms in total. The van der Waals surface area contributed by atoms with Gasteiger partial charge in [-0.25, -0.2) is 0 Å². The topological polar surface area (TPSA) is 89.1 Å². The molecule has 6 heteroatoms. The number of hydrogen-bond donors (Lipinski definition) is 2. The highest BCUT2D eigenvalue weighted by Crippen LogP contribution is 2.36. The van der Waals surface area contributed by atoms with Crippen molar-refractivity contribution in [1.82, 2.24) is 20.3 Å². The number of nitrogens with one attached hydrogen (secondary N) is 1. The van der Waals surface area contributed by atoms with Crippen molar-refractivity contribution in [2.45, 2.75) is 11.7 Å². The molecule has 2 unspecified atom stereocenters. The molecule has 3 aromatic rings. The minimum atomic E-state index is -0.984. The highest BCUT2D eigenvalue weighted by Gasteiger charge is 2.45. The molecule has 4 heterocycles. The summed E-state index contributed by atoms with van der Waals surface area (Å²) in [7, 11) is 0. The maximum Gasteiger partial charge on any atom is 0.159 e. The first-order valence-electron chi connectivity index (χ1n) is 7.66. The molecular formula is C18H16N6. The van der Waals surface area contributed by atoms with Crippen molar-refractivity contribution in [2.75, 3.05) is 0 Å². The Kier molecular flexibility index (Phi) is 3.51. The Morgan fingerprint density at radius 3 is 2.17 bits per heavy atom. The van der Waals surface area contributed by atoms with E-state index in [1.54, 1.807) is 18.6 Å². The first-order chi connectivity index (χ1) is 11.8. The second-order valence-electron chi connectivity index (χ2n) is 5.56. The largest absolute Gasteiger partial charge is 0.343 e. The second-order valence-corrected chi connectivity index (χ2v) is 5.56. The van der Waals surface area contributed by atoms with Crippen LogP contribution in [0.15, 0.2) is 78.2 Å². The highest BCUT2D eigenvalue weighted by molar-refractivity contribution is 5.99. The molecule has 0 fully saturated rings. The molecule has 0 amide bonds. The Labute approximate surface area is 139 Å². The Balaban J connectivity index is 1.82. The van der Waals surface area contributed by atoms with Gasteiger partial charge >= 0.3 is 0 Å². The van der Waals surface area contributed by atoms with Gasteiger partial charge < -0.3 is 11.1 Å². The van der Waals surface area contributed by atoms with E-state index < -0.39 is 11.7 Å². The predicted molar refractivity (Wildman–Crippen MR) is 91.0 cm³/mol. The van der Waals surface area contributed by atoms with Gasteiger partial charge in [0.05, 0.1) is 11.4 Å². The number of aromatic nitrogens is 3. The summed E-state index contributed by atoms with van der Waals surface area (Å²) in [5.41, 5.74) is 7.97. The van der Waals surface area contributed by atoms with Crippen LogP contribution in [0.2, 0.25) is 0 Å². The van der Waals surface area contributed by atoms with E-state index in [-0.39, 0.29) is 0 Å². The van der Waals surface area contributed by atoms with Crippen molar-refractivity contribution in [2.24, 2.45) is 10.7 Å². The summed E-state index contributed by atoms with van der Waals surface area (Å²) in [5, 5.41) is 3.31. The fourth-order valence-electron chi connectivity index (χ4n) is 2.81. The zero-order valence-electron chi connectivity index (χ0n) is 12.9. The lowest BCUT2D eigenvalue weighted by Gasteiger charge is -2.29. The van der Waals surface area contributed by atoms with Crippen molar-refractivity contribution in [1.29, 1.82) is 0 Å². The highest BCUT2D eigenvalue weighted by atomic mass is 15.3. The first kappa shape index (κ1) is 14.5. The van der Waals surface area contributed by atoms with Crippen LogP contribution in [-0.4, -0.2) is 20.8 Å². The Hall–Kier alpha value is -3.12. The molecule has 1 aliphatic rings. The molecular weight excluding hydrogens is 300 g/mol. The summed E-state index contributed by atoms with van der Waals surface area (Å²) in [4.78, 5) is 18.0. The summed E-state index contributed by atoms with van der Waals surface area (Å²) < 4.78 is 0. The molecule has 3 aromatic heterocycles. The molecule has 0 saturated carbocycles. The minimum absolute atomic E-state index is 0.398. The van der Waals surface area contributed by atoms with Crippen molar-refractivity contribution in [3.05, 3.63) is 90.3 Å². The van der Waals surface area contributed by atoms with Gasteiger partial charge in [0.1, 0.15) is 17.6 Å². The van der Waals surface area contributed by atoms with Gasteiger partial charge in [-0.1, -0.05) is 18.2 Å². The molecule has 0 aromatic carbocycles. The van der Waals surface area contributed by atoms with Gasteiger partial charge in [-0.05, 0) is 36.4 Å². The van der Waals surface area contributed by atoms with Gasteiger partial charge in [-0.2, -0.15) is 0 Å². The summed E-state index contributed by atoms with van der Waals surface area (Å²) in [6.07, 6.45) is 5.19. The van der Waals surface area contributed by atoms with Crippen LogP contribution >= 0.6 is 0 Å². The number of pyridine rings is 3. The molecule has 0 spiro atoms. The van der Waals surface area contributed by atoms with Crippen LogP contribution in [0.4, 0.5) is 0 Å². The van der Waals surface area contributed by atoms with E-state index in [1.165, 1.54) is 0 Å². The van der Waals surface area contributed by atoms with E-state index in [0.717, 1.165) is 11.4 Å². The van der Waals surface area contributed by atoms with Crippen LogP contribution in [0.25, 0.3) is 0 Å². The summed E-state index contributed by atoms with van der Waals surface area (Å²) in [6.45, 7) is 0. The SMILES string of the molecule is NC1(c2ccccn2)NC(c2ccccn2)=NC1c1ccccn1. The molecule has 0 saturated heterocycles. The van der Waals surface area contributed by atoms with Crippen molar-refractivity contribution < 1.29 is 0 Å². The van der Waals surface area contributed by atoms with E-state index in [0.29, 0.717) is 11.5 Å².